The summed E-state index contributed by atoms with van der Waals surface area (Å²) in [7, 11) is 0. The summed E-state index contributed by atoms with van der Waals surface area (Å²) in [5, 5.41) is 9.15. The summed E-state index contributed by atoms with van der Waals surface area (Å²) in [4.78, 5) is 9.39. The van der Waals surface area contributed by atoms with Gasteiger partial charge in [0.1, 0.15) is 5.75 Å². The normalized spacial score (nSPS) is 9.60. The van der Waals surface area contributed by atoms with Gasteiger partial charge in [0.25, 0.3) is 6.47 Å². The molecular weight excluding hydrogens is 252 g/mol. The summed E-state index contributed by atoms with van der Waals surface area (Å²) in [6.07, 6.45) is 0.0301. The van der Waals surface area contributed by atoms with Crippen molar-refractivity contribution < 1.29 is 14.6 Å². The second kappa shape index (κ2) is 8.00. The van der Waals surface area contributed by atoms with Gasteiger partial charge in [0, 0.05) is 0 Å². The van der Waals surface area contributed by atoms with Crippen molar-refractivity contribution in [1.82, 2.24) is 0 Å². The Hall–Kier alpha value is -2.29. The molecule has 1 N–H and O–H groups in total. The van der Waals surface area contributed by atoms with Crippen LogP contribution in [0, 0.1) is 6.92 Å². The SMILES string of the molecule is CC(C)OC=O.Cc1ccc(-c2ccc(O)cc2)cc1. The zero-order valence-electron chi connectivity index (χ0n) is 12.0. The van der Waals surface area contributed by atoms with Gasteiger partial charge in [-0.1, -0.05) is 42.0 Å². The first-order chi connectivity index (χ1) is 9.52. The van der Waals surface area contributed by atoms with Crippen LogP contribution < -0.4 is 0 Å². The van der Waals surface area contributed by atoms with Crippen LogP contribution in [-0.2, 0) is 9.53 Å². The van der Waals surface area contributed by atoms with Crippen LogP contribution in [0.25, 0.3) is 11.1 Å². The second-order valence-corrected chi connectivity index (χ2v) is 4.69. The Morgan fingerprint density at radius 3 is 1.75 bits per heavy atom. The number of carbonyl (C=O) groups is 1. The first-order valence-electron chi connectivity index (χ1n) is 6.48. The molecule has 0 aliphatic rings. The van der Waals surface area contributed by atoms with Crippen LogP contribution in [0.2, 0.25) is 0 Å². The van der Waals surface area contributed by atoms with Crippen molar-refractivity contribution in [3.63, 3.8) is 0 Å². The number of phenols is 1. The molecule has 0 aliphatic carbocycles. The molecule has 0 saturated carbocycles. The Morgan fingerprint density at radius 2 is 1.40 bits per heavy atom. The highest BCUT2D eigenvalue weighted by atomic mass is 16.5. The third-order valence-corrected chi connectivity index (χ3v) is 2.58. The number of carbonyl (C=O) groups excluding carboxylic acids is 1. The molecule has 0 spiro atoms. The highest BCUT2D eigenvalue weighted by Gasteiger charge is 1.96. The largest absolute Gasteiger partial charge is 0.508 e. The molecule has 0 aliphatic heterocycles. The lowest BCUT2D eigenvalue weighted by Gasteiger charge is -2.01. The van der Waals surface area contributed by atoms with Crippen LogP contribution in [-0.4, -0.2) is 17.7 Å². The lowest BCUT2D eigenvalue weighted by Crippen LogP contribution is -1.98. The molecule has 0 fully saturated rings. The van der Waals surface area contributed by atoms with Crippen molar-refractivity contribution >= 4 is 6.47 Å². The number of benzene rings is 2. The van der Waals surface area contributed by atoms with Crippen molar-refractivity contribution in [2.75, 3.05) is 0 Å². The van der Waals surface area contributed by atoms with Gasteiger partial charge in [-0.25, -0.2) is 0 Å². The van der Waals surface area contributed by atoms with Crippen molar-refractivity contribution in [3.8, 4) is 16.9 Å². The maximum Gasteiger partial charge on any atom is 0.293 e. The minimum atomic E-state index is 0.0301. The van der Waals surface area contributed by atoms with Crippen molar-refractivity contribution in [1.29, 1.82) is 0 Å². The Morgan fingerprint density at radius 1 is 0.950 bits per heavy atom. The van der Waals surface area contributed by atoms with Crippen molar-refractivity contribution in [2.45, 2.75) is 26.9 Å². The first-order valence-corrected chi connectivity index (χ1v) is 6.48. The van der Waals surface area contributed by atoms with E-state index >= 15 is 0 Å². The molecule has 2 aromatic rings. The van der Waals surface area contributed by atoms with Crippen LogP contribution in [0.3, 0.4) is 0 Å². The number of hydrogen-bond donors (Lipinski definition) is 1. The summed E-state index contributed by atoms with van der Waals surface area (Å²) in [5.41, 5.74) is 3.56. The topological polar surface area (TPSA) is 46.5 Å². The van der Waals surface area contributed by atoms with E-state index in [1.54, 1.807) is 26.0 Å². The molecule has 0 bridgehead atoms. The van der Waals surface area contributed by atoms with Gasteiger partial charge in [0.15, 0.2) is 0 Å². The summed E-state index contributed by atoms with van der Waals surface area (Å²) >= 11 is 0. The van der Waals surface area contributed by atoms with E-state index in [2.05, 4.69) is 35.9 Å². The van der Waals surface area contributed by atoms with Crippen LogP contribution in [0.15, 0.2) is 48.5 Å². The van der Waals surface area contributed by atoms with Crippen LogP contribution >= 0.6 is 0 Å². The second-order valence-electron chi connectivity index (χ2n) is 4.69. The predicted molar refractivity (Wildman–Crippen MR) is 80.6 cm³/mol. The smallest absolute Gasteiger partial charge is 0.293 e. The van der Waals surface area contributed by atoms with E-state index in [1.807, 2.05) is 12.1 Å². The Kier molecular flexibility index (Phi) is 6.30. The molecule has 3 heteroatoms. The van der Waals surface area contributed by atoms with Gasteiger partial charge in [0.05, 0.1) is 6.10 Å². The van der Waals surface area contributed by atoms with Gasteiger partial charge >= 0.3 is 0 Å². The van der Waals surface area contributed by atoms with E-state index in [1.165, 1.54) is 11.1 Å². The average Bonchev–Trinajstić information content (AvgIpc) is 2.41. The van der Waals surface area contributed by atoms with E-state index < -0.39 is 0 Å². The fraction of sp³-hybridized carbons (Fsp3) is 0.235. The number of aromatic hydroxyl groups is 1. The molecule has 0 amide bonds. The minimum Gasteiger partial charge on any atom is -0.508 e. The van der Waals surface area contributed by atoms with Crippen LogP contribution in [0.1, 0.15) is 19.4 Å². The molecule has 0 unspecified atom stereocenters. The molecule has 2 aromatic carbocycles. The standard InChI is InChI=1S/C13H12O.C4H8O2/c1-10-2-4-11(5-3-10)12-6-8-13(14)9-7-12;1-4(2)6-3-5/h2-9,14H,1H3;3-4H,1-2H3. The van der Waals surface area contributed by atoms with Gasteiger partial charge < -0.3 is 9.84 Å². The molecule has 3 nitrogen and oxygen atoms in total. The van der Waals surface area contributed by atoms with Crippen molar-refractivity contribution in [2.24, 2.45) is 0 Å². The number of aryl methyl sites for hydroxylation is 1. The molecule has 0 aromatic heterocycles. The fourth-order valence-corrected chi connectivity index (χ4v) is 1.51. The quantitative estimate of drug-likeness (QED) is 0.861. The van der Waals surface area contributed by atoms with Gasteiger partial charge in [-0.2, -0.15) is 0 Å². The van der Waals surface area contributed by atoms with E-state index in [-0.39, 0.29) is 6.10 Å². The van der Waals surface area contributed by atoms with Gasteiger partial charge in [-0.3, -0.25) is 4.79 Å². The predicted octanol–water partition coefficient (Wildman–Crippen LogP) is 3.94. The summed E-state index contributed by atoms with van der Waals surface area (Å²) < 4.78 is 4.36. The van der Waals surface area contributed by atoms with E-state index in [0.717, 1.165) is 5.56 Å². The Balaban J connectivity index is 0.000000286. The lowest BCUT2D eigenvalue weighted by molar-refractivity contribution is -0.131. The Labute approximate surface area is 119 Å². The minimum absolute atomic E-state index is 0.0301. The molecule has 20 heavy (non-hydrogen) atoms. The molecule has 106 valence electrons. The first kappa shape index (κ1) is 15.8. The molecular formula is C17H20O3. The summed E-state index contributed by atoms with van der Waals surface area (Å²) in [6.45, 7) is 6.12. The molecule has 0 radical (unpaired) electrons. The Bertz CT molecular complexity index is 469. The van der Waals surface area contributed by atoms with Gasteiger partial charge in [-0.05, 0) is 44.0 Å². The van der Waals surface area contributed by atoms with Gasteiger partial charge in [-0.15, -0.1) is 0 Å². The zero-order valence-corrected chi connectivity index (χ0v) is 12.0. The zero-order chi connectivity index (χ0) is 15.0. The maximum absolute atomic E-state index is 9.39. The van der Waals surface area contributed by atoms with E-state index in [0.29, 0.717) is 12.2 Å². The molecule has 0 saturated heterocycles. The molecule has 0 heterocycles. The highest BCUT2D eigenvalue weighted by molar-refractivity contribution is 5.64. The monoisotopic (exact) mass is 272 g/mol. The molecule has 2 rings (SSSR count). The van der Waals surface area contributed by atoms with Crippen LogP contribution in [0.5, 0.6) is 5.75 Å². The van der Waals surface area contributed by atoms with E-state index in [4.69, 9.17) is 5.11 Å². The third-order valence-electron chi connectivity index (χ3n) is 2.58. The van der Waals surface area contributed by atoms with Crippen LogP contribution in [0.4, 0.5) is 0 Å². The number of ether oxygens (including phenoxy) is 1. The molecule has 0 atom stereocenters. The number of hydrogen-bond acceptors (Lipinski definition) is 3. The van der Waals surface area contributed by atoms with Crippen molar-refractivity contribution in [3.05, 3.63) is 54.1 Å². The number of rotatable bonds is 3. The van der Waals surface area contributed by atoms with Gasteiger partial charge in [0.2, 0.25) is 0 Å². The lowest BCUT2D eigenvalue weighted by atomic mass is 10.0. The number of phenolic OH excluding ortho intramolecular Hbond substituents is 1. The van der Waals surface area contributed by atoms with E-state index in [9.17, 15) is 4.79 Å². The highest BCUT2D eigenvalue weighted by Crippen LogP contribution is 2.21. The maximum atomic E-state index is 9.39. The average molecular weight is 272 g/mol. The summed E-state index contributed by atoms with van der Waals surface area (Å²) in [6, 6.07) is 15.6. The summed E-state index contributed by atoms with van der Waals surface area (Å²) in [5.74, 6) is 0.306. The fourth-order valence-electron chi connectivity index (χ4n) is 1.51. The third kappa shape index (κ3) is 5.57.